The van der Waals surface area contributed by atoms with E-state index in [-0.39, 0.29) is 10.8 Å². The number of rotatable bonds is 9. The Balaban J connectivity index is 1.53. The standard InChI is InChI=1S/C24H26N2O4S/c1-18-8-12-22(13-9-18)30-19(2)24(27)26-21-10-14-23(15-11-21)31(28,29)25-17-16-20-6-4-3-5-7-20/h3-15,19,25H,16-17H2,1-2H3,(H,26,27)/t19-/m1/s1. The van der Waals surface area contributed by atoms with Gasteiger partial charge in [-0.3, -0.25) is 4.79 Å². The van der Waals surface area contributed by atoms with Gasteiger partial charge in [0.05, 0.1) is 4.90 Å². The largest absolute Gasteiger partial charge is 0.481 e. The number of sulfonamides is 1. The Morgan fingerprint density at radius 2 is 1.58 bits per heavy atom. The van der Waals surface area contributed by atoms with Gasteiger partial charge in [0.1, 0.15) is 5.75 Å². The van der Waals surface area contributed by atoms with Crippen molar-refractivity contribution in [1.29, 1.82) is 0 Å². The molecule has 0 radical (unpaired) electrons. The second-order valence-corrected chi connectivity index (χ2v) is 8.99. The molecule has 0 unspecified atom stereocenters. The summed E-state index contributed by atoms with van der Waals surface area (Å²) in [6, 6.07) is 23.1. The SMILES string of the molecule is Cc1ccc(O[C@H](C)C(=O)Nc2ccc(S(=O)(=O)NCCc3ccccc3)cc2)cc1. The van der Waals surface area contributed by atoms with Gasteiger partial charge in [-0.2, -0.15) is 0 Å². The van der Waals surface area contributed by atoms with Gasteiger partial charge < -0.3 is 10.1 Å². The highest BCUT2D eigenvalue weighted by Gasteiger charge is 2.17. The highest BCUT2D eigenvalue weighted by atomic mass is 32.2. The fourth-order valence-corrected chi connectivity index (χ4v) is 3.93. The summed E-state index contributed by atoms with van der Waals surface area (Å²) >= 11 is 0. The molecule has 0 aliphatic carbocycles. The predicted molar refractivity (Wildman–Crippen MR) is 122 cm³/mol. The Hall–Kier alpha value is -3.16. The van der Waals surface area contributed by atoms with Crippen LogP contribution in [0.3, 0.4) is 0 Å². The fourth-order valence-electron chi connectivity index (χ4n) is 2.89. The van der Waals surface area contributed by atoms with Gasteiger partial charge in [-0.25, -0.2) is 13.1 Å². The molecule has 0 aromatic heterocycles. The number of hydrogen-bond donors (Lipinski definition) is 2. The Morgan fingerprint density at radius 1 is 0.935 bits per heavy atom. The molecule has 0 heterocycles. The molecule has 2 N–H and O–H groups in total. The van der Waals surface area contributed by atoms with Gasteiger partial charge in [-0.1, -0.05) is 48.0 Å². The van der Waals surface area contributed by atoms with Gasteiger partial charge in [0.25, 0.3) is 5.91 Å². The molecule has 6 nitrogen and oxygen atoms in total. The highest BCUT2D eigenvalue weighted by Crippen LogP contribution is 2.16. The number of carbonyl (C=O) groups excluding carboxylic acids is 1. The molecule has 31 heavy (non-hydrogen) atoms. The lowest BCUT2D eigenvalue weighted by molar-refractivity contribution is -0.122. The van der Waals surface area contributed by atoms with E-state index in [0.29, 0.717) is 24.4 Å². The van der Waals surface area contributed by atoms with Gasteiger partial charge in [0, 0.05) is 12.2 Å². The lowest BCUT2D eigenvalue weighted by Gasteiger charge is -2.15. The van der Waals surface area contributed by atoms with E-state index in [4.69, 9.17) is 4.74 Å². The number of aryl methyl sites for hydroxylation is 1. The van der Waals surface area contributed by atoms with Crippen LogP contribution in [0.15, 0.2) is 83.8 Å². The zero-order chi connectivity index (χ0) is 22.3. The number of anilines is 1. The van der Waals surface area contributed by atoms with Crippen LogP contribution in [0.25, 0.3) is 0 Å². The van der Waals surface area contributed by atoms with Crippen molar-refractivity contribution in [3.8, 4) is 5.75 Å². The van der Waals surface area contributed by atoms with E-state index in [1.54, 1.807) is 19.1 Å². The Kier molecular flexibility index (Phi) is 7.44. The lowest BCUT2D eigenvalue weighted by Crippen LogP contribution is -2.30. The quantitative estimate of drug-likeness (QED) is 0.530. The Morgan fingerprint density at radius 3 is 2.23 bits per heavy atom. The molecule has 0 aliphatic heterocycles. The maximum atomic E-state index is 12.5. The average Bonchev–Trinajstić information content (AvgIpc) is 2.76. The van der Waals surface area contributed by atoms with Crippen molar-refractivity contribution in [2.75, 3.05) is 11.9 Å². The zero-order valence-corrected chi connectivity index (χ0v) is 18.4. The Bertz CT molecular complexity index is 1100. The third kappa shape index (κ3) is 6.67. The minimum atomic E-state index is -3.62. The number of amides is 1. The fraction of sp³-hybridized carbons (Fsp3) is 0.208. The molecule has 3 rings (SSSR count). The summed E-state index contributed by atoms with van der Waals surface area (Å²) < 4.78 is 33.2. The van der Waals surface area contributed by atoms with Crippen molar-refractivity contribution in [2.45, 2.75) is 31.3 Å². The highest BCUT2D eigenvalue weighted by molar-refractivity contribution is 7.89. The van der Waals surface area contributed by atoms with E-state index in [0.717, 1.165) is 11.1 Å². The van der Waals surface area contributed by atoms with Crippen molar-refractivity contribution >= 4 is 21.6 Å². The van der Waals surface area contributed by atoms with Crippen molar-refractivity contribution < 1.29 is 17.9 Å². The second kappa shape index (κ2) is 10.2. The summed E-state index contributed by atoms with van der Waals surface area (Å²) in [5, 5.41) is 2.74. The monoisotopic (exact) mass is 438 g/mol. The summed E-state index contributed by atoms with van der Waals surface area (Å²) in [4.78, 5) is 12.5. The first kappa shape index (κ1) is 22.5. The molecule has 1 amide bonds. The van der Waals surface area contributed by atoms with Crippen LogP contribution in [0.1, 0.15) is 18.1 Å². The second-order valence-electron chi connectivity index (χ2n) is 7.22. The molecule has 3 aromatic carbocycles. The van der Waals surface area contributed by atoms with Crippen LogP contribution in [-0.2, 0) is 21.2 Å². The molecule has 1 atom stereocenters. The third-order valence-corrected chi connectivity index (χ3v) is 6.16. The number of nitrogens with one attached hydrogen (secondary N) is 2. The number of hydrogen-bond acceptors (Lipinski definition) is 4. The maximum absolute atomic E-state index is 12.5. The van der Waals surface area contributed by atoms with E-state index in [1.807, 2.05) is 61.5 Å². The summed E-state index contributed by atoms with van der Waals surface area (Å²) in [5.74, 6) is 0.286. The van der Waals surface area contributed by atoms with Crippen LogP contribution in [-0.4, -0.2) is 27.0 Å². The first-order valence-corrected chi connectivity index (χ1v) is 11.5. The van der Waals surface area contributed by atoms with Crippen LogP contribution in [0.2, 0.25) is 0 Å². The first-order valence-electron chi connectivity index (χ1n) is 10.0. The van der Waals surface area contributed by atoms with Gasteiger partial charge in [-0.05, 0) is 62.2 Å². The molecular weight excluding hydrogens is 412 g/mol. The van der Waals surface area contributed by atoms with Crippen LogP contribution in [0, 0.1) is 6.92 Å². The van der Waals surface area contributed by atoms with E-state index >= 15 is 0 Å². The van der Waals surface area contributed by atoms with E-state index in [1.165, 1.54) is 12.1 Å². The average molecular weight is 439 g/mol. The molecule has 0 saturated carbocycles. The summed E-state index contributed by atoms with van der Waals surface area (Å²) in [7, 11) is -3.62. The van der Waals surface area contributed by atoms with Crippen molar-refractivity contribution in [1.82, 2.24) is 4.72 Å². The molecule has 3 aromatic rings. The van der Waals surface area contributed by atoms with Gasteiger partial charge in [-0.15, -0.1) is 0 Å². The Labute approximate surface area is 183 Å². The summed E-state index contributed by atoms with van der Waals surface area (Å²) in [6.07, 6.45) is -0.0987. The topological polar surface area (TPSA) is 84.5 Å². The van der Waals surface area contributed by atoms with Crippen molar-refractivity contribution in [3.63, 3.8) is 0 Å². The molecule has 162 valence electrons. The van der Waals surface area contributed by atoms with Gasteiger partial charge in [0.2, 0.25) is 10.0 Å². The molecular formula is C24H26N2O4S. The minimum Gasteiger partial charge on any atom is -0.481 e. The normalized spacial score (nSPS) is 12.2. The van der Waals surface area contributed by atoms with Gasteiger partial charge >= 0.3 is 0 Å². The molecule has 7 heteroatoms. The summed E-state index contributed by atoms with van der Waals surface area (Å²) in [6.45, 7) is 3.94. The van der Waals surface area contributed by atoms with E-state index in [9.17, 15) is 13.2 Å². The van der Waals surface area contributed by atoms with Crippen LogP contribution >= 0.6 is 0 Å². The van der Waals surface area contributed by atoms with Crippen LogP contribution in [0.4, 0.5) is 5.69 Å². The van der Waals surface area contributed by atoms with Crippen molar-refractivity contribution in [2.24, 2.45) is 0 Å². The number of benzene rings is 3. The minimum absolute atomic E-state index is 0.141. The zero-order valence-electron chi connectivity index (χ0n) is 17.5. The van der Waals surface area contributed by atoms with E-state index in [2.05, 4.69) is 10.0 Å². The smallest absolute Gasteiger partial charge is 0.265 e. The van der Waals surface area contributed by atoms with Crippen LogP contribution < -0.4 is 14.8 Å². The lowest BCUT2D eigenvalue weighted by atomic mass is 10.2. The van der Waals surface area contributed by atoms with Crippen LogP contribution in [0.5, 0.6) is 5.75 Å². The molecule has 0 spiro atoms. The van der Waals surface area contributed by atoms with Crippen molar-refractivity contribution in [3.05, 3.63) is 90.0 Å². The summed E-state index contributed by atoms with van der Waals surface area (Å²) in [5.41, 5.74) is 2.66. The maximum Gasteiger partial charge on any atom is 0.265 e. The molecule has 0 fully saturated rings. The van der Waals surface area contributed by atoms with E-state index < -0.39 is 16.1 Å². The van der Waals surface area contributed by atoms with Gasteiger partial charge in [0.15, 0.2) is 6.10 Å². The molecule has 0 saturated heterocycles. The number of ether oxygens (including phenoxy) is 1. The molecule has 0 aliphatic rings. The first-order chi connectivity index (χ1) is 14.8. The predicted octanol–water partition coefficient (Wildman–Crippen LogP) is 3.92. The number of carbonyl (C=O) groups is 1. The molecule has 0 bridgehead atoms. The third-order valence-electron chi connectivity index (χ3n) is 4.68.